The highest BCUT2D eigenvalue weighted by atomic mass is 19.4. The monoisotopic (exact) mass is 209 g/mol. The Kier molecular flexibility index (Phi) is 3.36. The smallest absolute Gasteiger partial charge is 0.344 e. The van der Waals surface area contributed by atoms with Crippen LogP contribution in [-0.4, -0.2) is 31.2 Å². The first-order valence-corrected chi connectivity index (χ1v) is 4.31. The normalized spacial score (nSPS) is 28.6. The third-order valence-corrected chi connectivity index (χ3v) is 2.03. The molecule has 81 valence electrons. The Hall–Kier alpha value is -0.780. The molecule has 0 aromatic rings. The summed E-state index contributed by atoms with van der Waals surface area (Å²) in [6, 6.07) is -0.472. The van der Waals surface area contributed by atoms with Gasteiger partial charge in [0, 0.05) is 12.6 Å². The lowest BCUT2D eigenvalue weighted by atomic mass is 9.98. The van der Waals surface area contributed by atoms with Gasteiger partial charge in [0.1, 0.15) is 0 Å². The van der Waals surface area contributed by atoms with Crippen molar-refractivity contribution in [2.75, 3.05) is 13.1 Å². The van der Waals surface area contributed by atoms with Crippen molar-refractivity contribution in [1.82, 2.24) is 10.6 Å². The second-order valence-corrected chi connectivity index (χ2v) is 3.43. The lowest BCUT2D eigenvalue weighted by molar-refractivity contribution is -0.174. The Balaban J connectivity index is 2.40. The van der Waals surface area contributed by atoms with Crippen LogP contribution in [0.1, 0.15) is 6.42 Å². The van der Waals surface area contributed by atoms with E-state index in [9.17, 15) is 18.0 Å². The standard InChI is InChI=1S/C8H12F3N2O/c1-5-2-6(4-12-3-5)13-7(14)8(9,10)11/h5-6,12H,1-4H2,(H,13,14). The lowest BCUT2D eigenvalue weighted by Crippen LogP contribution is -2.51. The molecule has 0 aliphatic carbocycles. The van der Waals surface area contributed by atoms with Gasteiger partial charge in [0.2, 0.25) is 0 Å². The molecule has 2 N–H and O–H groups in total. The van der Waals surface area contributed by atoms with Gasteiger partial charge in [0.05, 0.1) is 0 Å². The Morgan fingerprint density at radius 1 is 1.43 bits per heavy atom. The van der Waals surface area contributed by atoms with E-state index in [0.29, 0.717) is 19.5 Å². The Morgan fingerprint density at radius 3 is 2.57 bits per heavy atom. The van der Waals surface area contributed by atoms with E-state index in [-0.39, 0.29) is 5.92 Å². The van der Waals surface area contributed by atoms with Crippen LogP contribution in [0.4, 0.5) is 13.2 Å². The number of piperidine rings is 1. The van der Waals surface area contributed by atoms with Crippen LogP contribution >= 0.6 is 0 Å². The van der Waals surface area contributed by atoms with Crippen LogP contribution in [0, 0.1) is 12.8 Å². The van der Waals surface area contributed by atoms with Crippen molar-refractivity contribution < 1.29 is 18.0 Å². The topological polar surface area (TPSA) is 41.1 Å². The maximum Gasteiger partial charge on any atom is 0.471 e. The first-order valence-electron chi connectivity index (χ1n) is 4.31. The molecule has 1 aliphatic rings. The number of hydrogen-bond donors (Lipinski definition) is 2. The summed E-state index contributed by atoms with van der Waals surface area (Å²) in [4.78, 5) is 10.6. The second kappa shape index (κ2) is 4.16. The summed E-state index contributed by atoms with van der Waals surface area (Å²) in [5, 5.41) is 4.82. The summed E-state index contributed by atoms with van der Waals surface area (Å²) < 4.78 is 35.6. The van der Waals surface area contributed by atoms with Crippen LogP contribution in [0.25, 0.3) is 0 Å². The quantitative estimate of drug-likeness (QED) is 0.659. The third kappa shape index (κ3) is 3.17. The van der Waals surface area contributed by atoms with Gasteiger partial charge >= 0.3 is 12.1 Å². The number of amides is 1. The van der Waals surface area contributed by atoms with Crippen molar-refractivity contribution in [3.05, 3.63) is 6.92 Å². The number of nitrogens with one attached hydrogen (secondary N) is 2. The molecule has 0 aromatic carbocycles. The molecule has 2 atom stereocenters. The highest BCUT2D eigenvalue weighted by Gasteiger charge is 2.40. The van der Waals surface area contributed by atoms with Gasteiger partial charge < -0.3 is 10.6 Å². The van der Waals surface area contributed by atoms with Crippen LogP contribution < -0.4 is 10.6 Å². The van der Waals surface area contributed by atoms with Crippen molar-refractivity contribution in [2.24, 2.45) is 5.92 Å². The summed E-state index contributed by atoms with van der Waals surface area (Å²) in [5.41, 5.74) is 0. The van der Waals surface area contributed by atoms with Crippen LogP contribution in [0.3, 0.4) is 0 Å². The molecule has 1 heterocycles. The molecule has 1 aliphatic heterocycles. The van der Waals surface area contributed by atoms with Crippen LogP contribution in [0.2, 0.25) is 0 Å². The zero-order valence-electron chi connectivity index (χ0n) is 7.53. The van der Waals surface area contributed by atoms with E-state index < -0.39 is 18.1 Å². The fraction of sp³-hybridized carbons (Fsp3) is 0.750. The first kappa shape index (κ1) is 11.3. The van der Waals surface area contributed by atoms with Crippen molar-refractivity contribution in [2.45, 2.75) is 18.6 Å². The Labute approximate surface area is 80.0 Å². The molecule has 0 saturated carbocycles. The molecule has 1 rings (SSSR count). The van der Waals surface area contributed by atoms with Crippen LogP contribution in [0.15, 0.2) is 0 Å². The molecule has 1 radical (unpaired) electrons. The number of carbonyl (C=O) groups is 1. The fourth-order valence-corrected chi connectivity index (χ4v) is 1.41. The molecular formula is C8H12F3N2O. The molecule has 6 heteroatoms. The third-order valence-electron chi connectivity index (χ3n) is 2.03. The molecule has 2 unspecified atom stereocenters. The summed E-state index contributed by atoms with van der Waals surface area (Å²) >= 11 is 0. The number of alkyl halides is 3. The van der Waals surface area contributed by atoms with Crippen LogP contribution in [0.5, 0.6) is 0 Å². The van der Waals surface area contributed by atoms with Crippen LogP contribution in [-0.2, 0) is 4.79 Å². The van der Waals surface area contributed by atoms with Gasteiger partial charge in [-0.1, -0.05) is 0 Å². The Morgan fingerprint density at radius 2 is 2.07 bits per heavy atom. The van der Waals surface area contributed by atoms with E-state index in [1.54, 1.807) is 0 Å². The molecule has 1 saturated heterocycles. The van der Waals surface area contributed by atoms with Crippen molar-refractivity contribution >= 4 is 5.91 Å². The molecule has 14 heavy (non-hydrogen) atoms. The number of halogens is 3. The second-order valence-electron chi connectivity index (χ2n) is 3.43. The molecule has 0 aromatic heterocycles. The summed E-state index contributed by atoms with van der Waals surface area (Å²) in [5.74, 6) is -1.83. The van der Waals surface area contributed by atoms with E-state index >= 15 is 0 Å². The minimum atomic E-state index is -4.80. The average Bonchev–Trinajstić information content (AvgIpc) is 2.02. The van der Waals surface area contributed by atoms with E-state index in [1.165, 1.54) is 0 Å². The predicted octanol–water partition coefficient (Wildman–Crippen LogP) is 0.477. The summed E-state index contributed by atoms with van der Waals surface area (Å²) in [6.45, 7) is 4.77. The lowest BCUT2D eigenvalue weighted by Gasteiger charge is -2.28. The van der Waals surface area contributed by atoms with Gasteiger partial charge in [-0.3, -0.25) is 4.79 Å². The van der Waals surface area contributed by atoms with Gasteiger partial charge in [0.25, 0.3) is 0 Å². The Bertz CT molecular complexity index is 217. The summed E-state index contributed by atoms with van der Waals surface area (Å²) in [6.07, 6.45) is -4.32. The average molecular weight is 209 g/mol. The van der Waals surface area contributed by atoms with Gasteiger partial charge in [-0.25, -0.2) is 0 Å². The van der Waals surface area contributed by atoms with Gasteiger partial charge in [-0.15, -0.1) is 0 Å². The maximum atomic E-state index is 11.9. The van der Waals surface area contributed by atoms with E-state index in [0.717, 1.165) is 0 Å². The highest BCUT2D eigenvalue weighted by Crippen LogP contribution is 2.16. The zero-order chi connectivity index (χ0) is 10.8. The largest absolute Gasteiger partial charge is 0.471 e. The molecule has 3 nitrogen and oxygen atoms in total. The molecule has 1 amide bonds. The minimum Gasteiger partial charge on any atom is -0.344 e. The zero-order valence-corrected chi connectivity index (χ0v) is 7.53. The number of carbonyl (C=O) groups excluding carboxylic acids is 1. The molecular weight excluding hydrogens is 197 g/mol. The number of hydrogen-bond acceptors (Lipinski definition) is 2. The first-order chi connectivity index (χ1) is 6.39. The van der Waals surface area contributed by atoms with Gasteiger partial charge in [-0.05, 0) is 25.8 Å². The van der Waals surface area contributed by atoms with Gasteiger partial charge in [-0.2, -0.15) is 13.2 Å². The van der Waals surface area contributed by atoms with E-state index in [4.69, 9.17) is 0 Å². The van der Waals surface area contributed by atoms with Gasteiger partial charge in [0.15, 0.2) is 0 Å². The van der Waals surface area contributed by atoms with Crippen molar-refractivity contribution in [3.8, 4) is 0 Å². The minimum absolute atomic E-state index is 0.0438. The van der Waals surface area contributed by atoms with Crippen molar-refractivity contribution in [1.29, 1.82) is 0 Å². The number of rotatable bonds is 1. The maximum absolute atomic E-state index is 11.9. The van der Waals surface area contributed by atoms with Crippen molar-refractivity contribution in [3.63, 3.8) is 0 Å². The van der Waals surface area contributed by atoms with E-state index in [1.807, 2.05) is 5.32 Å². The van der Waals surface area contributed by atoms with E-state index in [2.05, 4.69) is 12.2 Å². The fourth-order valence-electron chi connectivity index (χ4n) is 1.41. The summed E-state index contributed by atoms with van der Waals surface area (Å²) in [7, 11) is 0. The molecule has 0 bridgehead atoms. The SMILES string of the molecule is [CH2]C1CNCC(NC(=O)C(F)(F)F)C1. The molecule has 0 spiro atoms. The predicted molar refractivity (Wildman–Crippen MR) is 44.3 cm³/mol. The highest BCUT2D eigenvalue weighted by molar-refractivity contribution is 5.81. The molecule has 1 fully saturated rings.